The summed E-state index contributed by atoms with van der Waals surface area (Å²) in [4.78, 5) is 14.8. The lowest BCUT2D eigenvalue weighted by atomic mass is 9.93. The van der Waals surface area contributed by atoms with E-state index < -0.39 is 15.4 Å². The minimum Gasteiger partial charge on any atom is -0.490 e. The van der Waals surface area contributed by atoms with Gasteiger partial charge in [0.25, 0.3) is 10.0 Å². The zero-order valence-electron chi connectivity index (χ0n) is 17.2. The fourth-order valence-corrected chi connectivity index (χ4v) is 4.61. The van der Waals surface area contributed by atoms with Crippen molar-refractivity contribution < 1.29 is 17.9 Å². The highest BCUT2D eigenvalue weighted by atomic mass is 32.2. The van der Waals surface area contributed by atoms with Gasteiger partial charge in [0.05, 0.1) is 21.7 Å². The number of rotatable bonds is 5. The van der Waals surface area contributed by atoms with Gasteiger partial charge in [-0.15, -0.1) is 6.58 Å². The Balaban J connectivity index is 2.01. The van der Waals surface area contributed by atoms with E-state index in [-0.39, 0.29) is 17.4 Å². The first-order valence-corrected chi connectivity index (χ1v) is 10.8. The second-order valence-electron chi connectivity index (χ2n) is 7.93. The molecule has 0 bridgehead atoms. The molecule has 2 aromatic carbocycles. The molecule has 1 aliphatic heterocycles. The van der Waals surface area contributed by atoms with Gasteiger partial charge in [0.15, 0.2) is 0 Å². The van der Waals surface area contributed by atoms with Crippen molar-refractivity contribution in [2.75, 3.05) is 22.8 Å². The molecule has 0 atom stereocenters. The van der Waals surface area contributed by atoms with E-state index in [2.05, 4.69) is 11.3 Å². The quantitative estimate of drug-likeness (QED) is 0.749. The Morgan fingerprint density at radius 2 is 1.93 bits per heavy atom. The number of fused-ring (bicyclic) bond motifs is 1. The van der Waals surface area contributed by atoms with E-state index in [4.69, 9.17) is 4.74 Å². The average molecular weight is 415 g/mol. The summed E-state index contributed by atoms with van der Waals surface area (Å²) in [6.45, 7) is 11.6. The van der Waals surface area contributed by atoms with Crippen molar-refractivity contribution >= 4 is 27.3 Å². The molecule has 1 N–H and O–H groups in total. The fraction of sp³-hybridized carbons (Fsp3) is 0.318. The lowest BCUT2D eigenvalue weighted by Crippen LogP contribution is -2.42. The molecule has 0 spiro atoms. The first-order valence-electron chi connectivity index (χ1n) is 9.35. The summed E-state index contributed by atoms with van der Waals surface area (Å²) in [7, 11) is -3.78. The van der Waals surface area contributed by atoms with Crippen LogP contribution in [0.15, 0.2) is 53.9 Å². The first kappa shape index (κ1) is 20.9. The van der Waals surface area contributed by atoms with Gasteiger partial charge in [-0.05, 0) is 57.5 Å². The maximum atomic E-state index is 13.0. The molecular weight excluding hydrogens is 388 g/mol. The number of carbonyl (C=O) groups excluding carboxylic acids is 1. The molecule has 1 amide bonds. The van der Waals surface area contributed by atoms with Crippen LogP contribution in [0.2, 0.25) is 0 Å². The van der Waals surface area contributed by atoms with Crippen LogP contribution in [0.3, 0.4) is 0 Å². The van der Waals surface area contributed by atoms with E-state index in [0.717, 1.165) is 5.56 Å². The van der Waals surface area contributed by atoms with Crippen LogP contribution >= 0.6 is 0 Å². The zero-order chi connectivity index (χ0) is 21.4. The highest BCUT2D eigenvalue weighted by Gasteiger charge is 2.37. The van der Waals surface area contributed by atoms with E-state index in [1.165, 1.54) is 0 Å². The minimum atomic E-state index is -3.78. The van der Waals surface area contributed by atoms with Gasteiger partial charge in [0.1, 0.15) is 12.4 Å². The number of nitrogens with one attached hydrogen (secondary N) is 1. The van der Waals surface area contributed by atoms with Crippen molar-refractivity contribution in [2.45, 2.75) is 32.6 Å². The molecule has 1 aliphatic rings. The Hall–Kier alpha value is -2.80. The van der Waals surface area contributed by atoms with Crippen LogP contribution in [0.25, 0.3) is 0 Å². The molecule has 3 rings (SSSR count). The smallest absolute Gasteiger partial charge is 0.262 e. The molecule has 0 fully saturated rings. The first-order chi connectivity index (χ1) is 13.5. The van der Waals surface area contributed by atoms with E-state index in [9.17, 15) is 13.2 Å². The third-order valence-electron chi connectivity index (χ3n) is 4.85. The maximum Gasteiger partial charge on any atom is 0.262 e. The Morgan fingerprint density at radius 3 is 2.59 bits per heavy atom. The largest absolute Gasteiger partial charge is 0.490 e. The average Bonchev–Trinajstić information content (AvgIpc) is 2.71. The highest BCUT2D eigenvalue weighted by molar-refractivity contribution is 7.92. The van der Waals surface area contributed by atoms with Gasteiger partial charge in [-0.3, -0.25) is 9.52 Å². The number of benzene rings is 2. The van der Waals surface area contributed by atoms with Crippen LogP contribution in [0.5, 0.6) is 5.75 Å². The molecule has 0 unspecified atom stereocenters. The number of amides is 1. The van der Waals surface area contributed by atoms with Gasteiger partial charge >= 0.3 is 0 Å². The van der Waals surface area contributed by atoms with Gasteiger partial charge in [0.2, 0.25) is 5.91 Å². The van der Waals surface area contributed by atoms with Crippen LogP contribution in [0.1, 0.15) is 25.0 Å². The normalized spacial score (nSPS) is 15.9. The number of anilines is 2. The van der Waals surface area contributed by atoms with Crippen molar-refractivity contribution in [1.82, 2.24) is 0 Å². The van der Waals surface area contributed by atoms with Crippen LogP contribution < -0.4 is 14.4 Å². The van der Waals surface area contributed by atoms with Crippen molar-refractivity contribution in [3.05, 3.63) is 60.2 Å². The van der Waals surface area contributed by atoms with E-state index in [0.29, 0.717) is 29.2 Å². The molecule has 0 aliphatic carbocycles. The monoisotopic (exact) mass is 414 g/mol. The molecule has 7 heteroatoms. The summed E-state index contributed by atoms with van der Waals surface area (Å²) in [5, 5.41) is 0. The molecule has 2 aromatic rings. The molecule has 0 radical (unpaired) electrons. The van der Waals surface area contributed by atoms with E-state index >= 15 is 0 Å². The fourth-order valence-electron chi connectivity index (χ4n) is 3.33. The number of hydrogen-bond acceptors (Lipinski definition) is 4. The lowest BCUT2D eigenvalue weighted by Gasteiger charge is -2.27. The number of aryl methyl sites for hydroxylation is 2. The molecule has 6 nitrogen and oxygen atoms in total. The van der Waals surface area contributed by atoms with Crippen molar-refractivity contribution in [3.8, 4) is 5.75 Å². The van der Waals surface area contributed by atoms with Crippen LogP contribution in [0.4, 0.5) is 11.4 Å². The van der Waals surface area contributed by atoms with Gasteiger partial charge in [-0.25, -0.2) is 8.42 Å². The minimum absolute atomic E-state index is 0.106. The van der Waals surface area contributed by atoms with Crippen molar-refractivity contribution in [1.29, 1.82) is 0 Å². The highest BCUT2D eigenvalue weighted by Crippen LogP contribution is 2.38. The number of sulfonamides is 1. The van der Waals surface area contributed by atoms with Gasteiger partial charge < -0.3 is 9.64 Å². The van der Waals surface area contributed by atoms with Crippen LogP contribution in [-0.4, -0.2) is 27.5 Å². The van der Waals surface area contributed by atoms with E-state index in [1.54, 1.807) is 48.2 Å². The molecule has 1 heterocycles. The summed E-state index contributed by atoms with van der Waals surface area (Å²) in [5.74, 6) is 0.422. The standard InChI is InChI=1S/C22H26N2O4S/c1-6-11-24-18-13-17(8-9-19(18)28-14-22(4,5)21(24)25)23-29(26,27)20-10-7-15(2)12-16(20)3/h6-10,12-13,23H,1,11,14H2,2-5H3. The number of ether oxygens (including phenoxy) is 1. The summed E-state index contributed by atoms with van der Waals surface area (Å²) in [6, 6.07) is 10.1. The lowest BCUT2D eigenvalue weighted by molar-refractivity contribution is -0.127. The van der Waals surface area contributed by atoms with Gasteiger partial charge in [-0.1, -0.05) is 23.8 Å². The molecular formula is C22H26N2O4S. The Morgan fingerprint density at radius 1 is 1.21 bits per heavy atom. The Kier molecular flexibility index (Phi) is 5.45. The topological polar surface area (TPSA) is 75.7 Å². The third kappa shape index (κ3) is 4.15. The second kappa shape index (κ2) is 7.55. The molecule has 0 aromatic heterocycles. The zero-order valence-corrected chi connectivity index (χ0v) is 18.0. The van der Waals surface area contributed by atoms with Crippen LogP contribution in [0, 0.1) is 19.3 Å². The molecule has 0 saturated heterocycles. The number of hydrogen-bond donors (Lipinski definition) is 1. The maximum absolute atomic E-state index is 13.0. The van der Waals surface area contributed by atoms with Gasteiger partial charge in [0, 0.05) is 6.54 Å². The summed E-state index contributed by atoms with van der Waals surface area (Å²) in [6.07, 6.45) is 1.63. The number of nitrogens with zero attached hydrogens (tertiary/aromatic N) is 1. The Bertz CT molecular complexity index is 1070. The predicted molar refractivity (Wildman–Crippen MR) is 115 cm³/mol. The van der Waals surface area contributed by atoms with Crippen molar-refractivity contribution in [2.24, 2.45) is 5.41 Å². The SMILES string of the molecule is C=CCN1C(=O)C(C)(C)COc2ccc(NS(=O)(=O)c3ccc(C)cc3C)cc21. The summed E-state index contributed by atoms with van der Waals surface area (Å²) >= 11 is 0. The van der Waals surface area contributed by atoms with E-state index in [1.807, 2.05) is 26.8 Å². The van der Waals surface area contributed by atoms with Gasteiger partial charge in [-0.2, -0.15) is 0 Å². The second-order valence-corrected chi connectivity index (χ2v) is 9.58. The molecule has 0 saturated carbocycles. The predicted octanol–water partition coefficient (Wildman–Crippen LogP) is 4.04. The third-order valence-corrected chi connectivity index (χ3v) is 6.39. The summed E-state index contributed by atoms with van der Waals surface area (Å²) in [5.41, 5.74) is 1.82. The number of carbonyl (C=O) groups is 1. The molecule has 154 valence electrons. The van der Waals surface area contributed by atoms with Crippen LogP contribution in [-0.2, 0) is 14.8 Å². The summed E-state index contributed by atoms with van der Waals surface area (Å²) < 4.78 is 34.3. The Labute approximate surface area is 172 Å². The van der Waals surface area contributed by atoms with Crippen molar-refractivity contribution in [3.63, 3.8) is 0 Å². The molecule has 29 heavy (non-hydrogen) atoms.